The second-order valence-electron chi connectivity index (χ2n) is 5.76. The molecule has 3 heteroatoms. The van der Waals surface area contributed by atoms with Crippen LogP contribution in [-0.2, 0) is 0 Å². The van der Waals surface area contributed by atoms with Crippen LogP contribution >= 0.6 is 0 Å². The minimum Gasteiger partial charge on any atom is -0.423 e. The van der Waals surface area contributed by atoms with Crippen LogP contribution in [0.4, 0.5) is 4.39 Å². The van der Waals surface area contributed by atoms with E-state index in [1.165, 1.54) is 6.07 Å². The van der Waals surface area contributed by atoms with Crippen molar-refractivity contribution in [3.05, 3.63) is 89.2 Å². The van der Waals surface area contributed by atoms with E-state index in [-0.39, 0.29) is 5.82 Å². The SMILES string of the molecule is Cc1ccc(OC(=O)c2ccc(-c3ccc(C)cc3F)cc2)cc1. The van der Waals surface area contributed by atoms with Gasteiger partial charge < -0.3 is 4.74 Å². The zero-order valence-electron chi connectivity index (χ0n) is 13.5. The molecule has 3 rings (SSSR count). The topological polar surface area (TPSA) is 26.3 Å². The molecule has 3 aromatic rings. The Hall–Kier alpha value is -2.94. The summed E-state index contributed by atoms with van der Waals surface area (Å²) in [5.41, 5.74) is 3.62. The van der Waals surface area contributed by atoms with Crippen molar-refractivity contribution in [3.8, 4) is 16.9 Å². The van der Waals surface area contributed by atoms with Gasteiger partial charge in [-0.1, -0.05) is 42.0 Å². The first-order chi connectivity index (χ1) is 11.5. The number of ether oxygens (including phenoxy) is 1. The fourth-order valence-electron chi connectivity index (χ4n) is 2.41. The molecule has 0 bridgehead atoms. The molecule has 0 amide bonds. The molecule has 0 atom stereocenters. The fourth-order valence-corrected chi connectivity index (χ4v) is 2.41. The number of hydrogen-bond donors (Lipinski definition) is 0. The number of benzene rings is 3. The Morgan fingerprint density at radius 2 is 1.46 bits per heavy atom. The van der Waals surface area contributed by atoms with Gasteiger partial charge in [-0.15, -0.1) is 0 Å². The van der Waals surface area contributed by atoms with E-state index in [9.17, 15) is 9.18 Å². The van der Waals surface area contributed by atoms with E-state index in [1.54, 1.807) is 42.5 Å². The largest absolute Gasteiger partial charge is 0.423 e. The minimum atomic E-state index is -0.435. The number of carbonyl (C=O) groups is 1. The predicted molar refractivity (Wildman–Crippen MR) is 92.7 cm³/mol. The van der Waals surface area contributed by atoms with Crippen molar-refractivity contribution < 1.29 is 13.9 Å². The molecule has 0 heterocycles. The molecule has 0 aliphatic heterocycles. The van der Waals surface area contributed by atoms with Crippen molar-refractivity contribution in [2.24, 2.45) is 0 Å². The highest BCUT2D eigenvalue weighted by atomic mass is 19.1. The normalized spacial score (nSPS) is 10.5. The lowest BCUT2D eigenvalue weighted by Gasteiger charge is -2.07. The molecule has 0 N–H and O–H groups in total. The van der Waals surface area contributed by atoms with Gasteiger partial charge >= 0.3 is 5.97 Å². The molecule has 0 aromatic heterocycles. The number of esters is 1. The zero-order valence-corrected chi connectivity index (χ0v) is 13.5. The lowest BCUT2D eigenvalue weighted by atomic mass is 10.0. The van der Waals surface area contributed by atoms with Gasteiger partial charge in [0.25, 0.3) is 0 Å². The molecule has 0 aliphatic rings. The summed E-state index contributed by atoms with van der Waals surface area (Å²) in [7, 11) is 0. The van der Waals surface area contributed by atoms with Gasteiger partial charge in [0.15, 0.2) is 0 Å². The van der Waals surface area contributed by atoms with E-state index in [0.717, 1.165) is 16.7 Å². The summed E-state index contributed by atoms with van der Waals surface area (Å²) >= 11 is 0. The summed E-state index contributed by atoms with van der Waals surface area (Å²) in [6.07, 6.45) is 0. The highest BCUT2D eigenvalue weighted by molar-refractivity contribution is 5.91. The molecule has 2 nitrogen and oxygen atoms in total. The van der Waals surface area contributed by atoms with Gasteiger partial charge in [0.2, 0.25) is 0 Å². The second-order valence-corrected chi connectivity index (χ2v) is 5.76. The highest BCUT2D eigenvalue weighted by Gasteiger charge is 2.10. The summed E-state index contributed by atoms with van der Waals surface area (Å²) in [5, 5.41) is 0. The molecular weight excluding hydrogens is 303 g/mol. The molecule has 3 aromatic carbocycles. The molecule has 0 fully saturated rings. The van der Waals surface area contributed by atoms with E-state index in [1.807, 2.05) is 32.0 Å². The van der Waals surface area contributed by atoms with Gasteiger partial charge in [0.1, 0.15) is 11.6 Å². The maximum absolute atomic E-state index is 14.0. The zero-order chi connectivity index (χ0) is 17.1. The van der Waals surface area contributed by atoms with Crippen LogP contribution in [0.15, 0.2) is 66.7 Å². The average Bonchev–Trinajstić information content (AvgIpc) is 2.57. The van der Waals surface area contributed by atoms with E-state index in [0.29, 0.717) is 16.9 Å². The first kappa shape index (κ1) is 15.9. The van der Waals surface area contributed by atoms with Gasteiger partial charge in [-0.3, -0.25) is 0 Å². The molecule has 0 saturated carbocycles. The van der Waals surface area contributed by atoms with Crippen LogP contribution < -0.4 is 4.74 Å². The quantitative estimate of drug-likeness (QED) is 0.482. The van der Waals surface area contributed by atoms with Crippen molar-refractivity contribution in [3.63, 3.8) is 0 Å². The number of aryl methyl sites for hydroxylation is 2. The summed E-state index contributed by atoms with van der Waals surface area (Å²) in [5.74, 6) is -0.209. The Kier molecular flexibility index (Phi) is 4.43. The van der Waals surface area contributed by atoms with Crippen LogP contribution in [0.5, 0.6) is 5.75 Å². The minimum absolute atomic E-state index is 0.273. The maximum atomic E-state index is 14.0. The van der Waals surface area contributed by atoms with Crippen LogP contribution in [0.2, 0.25) is 0 Å². The third-order valence-corrected chi connectivity index (χ3v) is 3.79. The number of hydrogen-bond acceptors (Lipinski definition) is 2. The van der Waals surface area contributed by atoms with Crippen molar-refractivity contribution in [1.29, 1.82) is 0 Å². The molecule has 0 unspecified atom stereocenters. The Labute approximate surface area is 140 Å². The maximum Gasteiger partial charge on any atom is 0.343 e. The van der Waals surface area contributed by atoms with Crippen LogP contribution in [0, 0.1) is 19.7 Å². The Balaban J connectivity index is 1.78. The van der Waals surface area contributed by atoms with E-state index >= 15 is 0 Å². The Morgan fingerprint density at radius 3 is 2.08 bits per heavy atom. The molecular formula is C21H17FO2. The van der Waals surface area contributed by atoms with Crippen molar-refractivity contribution in [1.82, 2.24) is 0 Å². The molecule has 0 aliphatic carbocycles. The van der Waals surface area contributed by atoms with Gasteiger partial charge in [-0.25, -0.2) is 9.18 Å². The van der Waals surface area contributed by atoms with E-state index < -0.39 is 5.97 Å². The van der Waals surface area contributed by atoms with Crippen molar-refractivity contribution in [2.45, 2.75) is 13.8 Å². The average molecular weight is 320 g/mol. The lowest BCUT2D eigenvalue weighted by molar-refractivity contribution is 0.0735. The molecule has 120 valence electrons. The van der Waals surface area contributed by atoms with Gasteiger partial charge in [0, 0.05) is 5.56 Å². The smallest absolute Gasteiger partial charge is 0.343 e. The summed E-state index contributed by atoms with van der Waals surface area (Å²) in [6.45, 7) is 3.81. The molecule has 0 spiro atoms. The van der Waals surface area contributed by atoms with Crippen molar-refractivity contribution >= 4 is 5.97 Å². The second kappa shape index (κ2) is 6.67. The molecule has 24 heavy (non-hydrogen) atoms. The third kappa shape index (κ3) is 3.51. The Bertz CT molecular complexity index is 865. The Morgan fingerprint density at radius 1 is 0.833 bits per heavy atom. The van der Waals surface area contributed by atoms with Crippen molar-refractivity contribution in [2.75, 3.05) is 0 Å². The summed E-state index contributed by atoms with van der Waals surface area (Å²) in [6, 6.07) is 19.1. The molecule has 0 saturated heterocycles. The van der Waals surface area contributed by atoms with E-state index in [4.69, 9.17) is 4.74 Å². The van der Waals surface area contributed by atoms with Gasteiger partial charge in [0.05, 0.1) is 5.56 Å². The van der Waals surface area contributed by atoms with Crippen LogP contribution in [0.25, 0.3) is 11.1 Å². The van der Waals surface area contributed by atoms with Crippen LogP contribution in [0.1, 0.15) is 21.5 Å². The lowest BCUT2D eigenvalue weighted by Crippen LogP contribution is -2.08. The third-order valence-electron chi connectivity index (χ3n) is 3.79. The van der Waals surface area contributed by atoms with Gasteiger partial charge in [-0.05, 0) is 55.3 Å². The van der Waals surface area contributed by atoms with Crippen LogP contribution in [-0.4, -0.2) is 5.97 Å². The van der Waals surface area contributed by atoms with Crippen LogP contribution in [0.3, 0.4) is 0 Å². The summed E-state index contributed by atoms with van der Waals surface area (Å²) in [4.78, 5) is 12.2. The predicted octanol–water partition coefficient (Wildman–Crippen LogP) is 5.33. The summed E-state index contributed by atoms with van der Waals surface area (Å²) < 4.78 is 19.4. The number of halogens is 1. The first-order valence-electron chi connectivity index (χ1n) is 7.68. The monoisotopic (exact) mass is 320 g/mol. The standard InChI is InChI=1S/C21H17FO2/c1-14-3-10-18(11-4-14)24-21(23)17-8-6-16(7-9-17)19-12-5-15(2)13-20(19)22/h3-13H,1-2H3. The van der Waals surface area contributed by atoms with Gasteiger partial charge in [-0.2, -0.15) is 0 Å². The first-order valence-corrected chi connectivity index (χ1v) is 7.68. The number of rotatable bonds is 3. The highest BCUT2D eigenvalue weighted by Crippen LogP contribution is 2.24. The number of carbonyl (C=O) groups excluding carboxylic acids is 1. The fraction of sp³-hybridized carbons (Fsp3) is 0.0952. The van der Waals surface area contributed by atoms with E-state index in [2.05, 4.69) is 0 Å². The molecule has 0 radical (unpaired) electrons.